The van der Waals surface area contributed by atoms with E-state index in [-0.39, 0.29) is 22.5 Å². The van der Waals surface area contributed by atoms with Crippen molar-refractivity contribution in [3.63, 3.8) is 0 Å². The van der Waals surface area contributed by atoms with Gasteiger partial charge in [0.05, 0.1) is 10.5 Å². The van der Waals surface area contributed by atoms with Crippen LogP contribution in [0.4, 0.5) is 5.69 Å². The first-order valence-corrected chi connectivity index (χ1v) is 9.71. The van der Waals surface area contributed by atoms with Crippen LogP contribution in [0.25, 0.3) is 22.4 Å². The van der Waals surface area contributed by atoms with E-state index < -0.39 is 4.92 Å². The van der Waals surface area contributed by atoms with Gasteiger partial charge in [0.15, 0.2) is 16.5 Å². The Labute approximate surface area is 175 Å². The van der Waals surface area contributed by atoms with Crippen molar-refractivity contribution in [1.82, 2.24) is 25.1 Å². The van der Waals surface area contributed by atoms with Crippen molar-refractivity contribution in [2.45, 2.75) is 16.6 Å². The molecule has 0 unspecified atom stereocenters. The Morgan fingerprint density at radius 1 is 1.28 bits per heavy atom. The van der Waals surface area contributed by atoms with Crippen LogP contribution in [0.15, 0.2) is 62.1 Å². The molecule has 0 amide bonds. The quantitative estimate of drug-likeness (QED) is 0.247. The van der Waals surface area contributed by atoms with Gasteiger partial charge in [0.2, 0.25) is 5.52 Å². The summed E-state index contributed by atoms with van der Waals surface area (Å²) in [4.78, 5) is 11.2. The lowest BCUT2D eigenvalue weighted by atomic mass is 10.2. The Kier molecular flexibility index (Phi) is 5.03. The van der Waals surface area contributed by atoms with Gasteiger partial charge in [-0.05, 0) is 46.3 Å². The molecule has 4 rings (SSSR count). The van der Waals surface area contributed by atoms with Crippen molar-refractivity contribution in [2.24, 2.45) is 0 Å². The molecule has 0 fully saturated rings. The summed E-state index contributed by atoms with van der Waals surface area (Å²) in [5.41, 5.74) is 0.610. The minimum atomic E-state index is -0.546. The smallest absolute Gasteiger partial charge is 0.300 e. The Morgan fingerprint density at radius 3 is 2.83 bits per heavy atom. The minimum Gasteiger partial charge on any atom is -0.507 e. The van der Waals surface area contributed by atoms with E-state index in [1.807, 2.05) is 0 Å². The molecule has 29 heavy (non-hydrogen) atoms. The molecule has 0 aliphatic carbocycles. The summed E-state index contributed by atoms with van der Waals surface area (Å²) >= 11 is 4.58. The number of nitrogens with zero attached hydrogens (tertiary/aromatic N) is 6. The van der Waals surface area contributed by atoms with Crippen LogP contribution < -0.4 is 0 Å². The van der Waals surface area contributed by atoms with Crippen LogP contribution in [0.5, 0.6) is 5.75 Å². The highest BCUT2D eigenvalue weighted by molar-refractivity contribution is 9.10. The second-order valence-electron chi connectivity index (χ2n) is 5.77. The number of phenols is 1. The molecule has 0 aliphatic heterocycles. The van der Waals surface area contributed by atoms with E-state index in [1.54, 1.807) is 34.9 Å². The molecular formula is C17H11BrN6O4S. The lowest BCUT2D eigenvalue weighted by Gasteiger charge is -2.09. The first kappa shape index (κ1) is 19.1. The van der Waals surface area contributed by atoms with Gasteiger partial charge in [0, 0.05) is 22.0 Å². The van der Waals surface area contributed by atoms with E-state index >= 15 is 0 Å². The molecule has 0 radical (unpaired) electrons. The summed E-state index contributed by atoms with van der Waals surface area (Å²) in [6, 6.07) is 7.90. The summed E-state index contributed by atoms with van der Waals surface area (Å²) in [5.74, 6) is 0.503. The van der Waals surface area contributed by atoms with Crippen molar-refractivity contribution in [3.8, 4) is 17.1 Å². The zero-order chi connectivity index (χ0) is 20.5. The molecule has 12 heteroatoms. The molecule has 0 spiro atoms. The molecular weight excluding hydrogens is 464 g/mol. The number of aromatic hydroxyl groups is 1. The first-order chi connectivity index (χ1) is 14.0. The number of phenolic OH excluding ortho intramolecular Hbond substituents is 1. The Balaban J connectivity index is 1.80. The lowest BCUT2D eigenvalue weighted by Crippen LogP contribution is -2.01. The zero-order valence-corrected chi connectivity index (χ0v) is 16.9. The minimum absolute atomic E-state index is 0.0552. The second-order valence-corrected chi connectivity index (χ2v) is 7.70. The average Bonchev–Trinajstić information content (AvgIpc) is 3.32. The Morgan fingerprint density at radius 2 is 2.07 bits per heavy atom. The maximum atomic E-state index is 11.2. The predicted octanol–water partition coefficient (Wildman–Crippen LogP) is 4.19. The van der Waals surface area contributed by atoms with Crippen LogP contribution in [-0.2, 0) is 6.54 Å². The van der Waals surface area contributed by atoms with Crippen molar-refractivity contribution >= 4 is 44.4 Å². The Hall–Kier alpha value is -3.25. The van der Waals surface area contributed by atoms with Crippen molar-refractivity contribution in [2.75, 3.05) is 0 Å². The second kappa shape index (κ2) is 7.64. The van der Waals surface area contributed by atoms with Gasteiger partial charge in [-0.2, -0.15) is 0 Å². The average molecular weight is 475 g/mol. The van der Waals surface area contributed by atoms with Crippen LogP contribution in [0.2, 0.25) is 0 Å². The van der Waals surface area contributed by atoms with E-state index in [9.17, 15) is 15.2 Å². The molecule has 146 valence electrons. The van der Waals surface area contributed by atoms with Gasteiger partial charge in [-0.15, -0.1) is 16.8 Å². The molecule has 2 aromatic heterocycles. The SMILES string of the molecule is C=CCn1c(Sc2ccc([N+](=O)[O-])c3nonc23)nnc1-c1cc(Br)ccc1O. The fraction of sp³-hybridized carbons (Fsp3) is 0.0588. The maximum Gasteiger partial charge on any atom is 0.300 e. The maximum absolute atomic E-state index is 11.2. The highest BCUT2D eigenvalue weighted by Crippen LogP contribution is 2.38. The molecule has 10 nitrogen and oxygen atoms in total. The predicted molar refractivity (Wildman–Crippen MR) is 108 cm³/mol. The third kappa shape index (κ3) is 3.47. The number of fused-ring (bicyclic) bond motifs is 1. The summed E-state index contributed by atoms with van der Waals surface area (Å²) in [5, 5.41) is 37.7. The number of aromatic nitrogens is 5. The van der Waals surface area contributed by atoms with Crippen LogP contribution in [-0.4, -0.2) is 35.1 Å². The molecule has 0 saturated heterocycles. The lowest BCUT2D eigenvalue weighted by molar-refractivity contribution is -0.383. The van der Waals surface area contributed by atoms with Crippen LogP contribution >= 0.6 is 27.7 Å². The van der Waals surface area contributed by atoms with Gasteiger partial charge >= 0.3 is 5.69 Å². The van der Waals surface area contributed by atoms with Crippen molar-refractivity contribution in [1.29, 1.82) is 0 Å². The molecule has 2 aromatic carbocycles. The fourth-order valence-corrected chi connectivity index (χ4v) is 3.98. The molecule has 0 bridgehead atoms. The highest BCUT2D eigenvalue weighted by atomic mass is 79.9. The molecule has 0 atom stereocenters. The first-order valence-electron chi connectivity index (χ1n) is 8.10. The summed E-state index contributed by atoms with van der Waals surface area (Å²) in [6.07, 6.45) is 1.68. The number of nitro benzene ring substituents is 1. The largest absolute Gasteiger partial charge is 0.507 e. The number of benzene rings is 2. The topological polar surface area (TPSA) is 133 Å². The fourth-order valence-electron chi connectivity index (χ4n) is 2.70. The summed E-state index contributed by atoms with van der Waals surface area (Å²) in [7, 11) is 0. The van der Waals surface area contributed by atoms with Gasteiger partial charge in [0.1, 0.15) is 5.75 Å². The van der Waals surface area contributed by atoms with E-state index in [1.165, 1.54) is 17.8 Å². The van der Waals surface area contributed by atoms with E-state index in [0.717, 1.165) is 4.47 Å². The van der Waals surface area contributed by atoms with Crippen LogP contribution in [0.3, 0.4) is 0 Å². The number of halogens is 1. The molecule has 4 aromatic rings. The van der Waals surface area contributed by atoms with Crippen LogP contribution in [0, 0.1) is 10.1 Å². The Bertz CT molecular complexity index is 1250. The van der Waals surface area contributed by atoms with Gasteiger partial charge in [-0.25, -0.2) is 4.63 Å². The van der Waals surface area contributed by atoms with Gasteiger partial charge in [0.25, 0.3) is 0 Å². The van der Waals surface area contributed by atoms with Gasteiger partial charge < -0.3 is 5.11 Å². The highest BCUT2D eigenvalue weighted by Gasteiger charge is 2.23. The van der Waals surface area contributed by atoms with Gasteiger partial charge in [-0.1, -0.05) is 22.0 Å². The number of non-ortho nitro benzene ring substituents is 1. The summed E-state index contributed by atoms with van der Waals surface area (Å²) in [6.45, 7) is 4.14. The third-order valence-corrected chi connectivity index (χ3v) is 5.51. The number of hydrogen-bond donors (Lipinski definition) is 1. The normalized spacial score (nSPS) is 11.1. The number of hydrogen-bond acceptors (Lipinski definition) is 9. The molecule has 0 saturated carbocycles. The zero-order valence-electron chi connectivity index (χ0n) is 14.5. The van der Waals surface area contributed by atoms with E-state index in [2.05, 4.69) is 43.0 Å². The van der Waals surface area contributed by atoms with E-state index in [4.69, 9.17) is 4.63 Å². The monoisotopic (exact) mass is 474 g/mol. The number of allylic oxidation sites excluding steroid dienone is 1. The summed E-state index contributed by atoms with van der Waals surface area (Å²) < 4.78 is 7.24. The van der Waals surface area contributed by atoms with Gasteiger partial charge in [-0.3, -0.25) is 14.7 Å². The van der Waals surface area contributed by atoms with Crippen molar-refractivity contribution in [3.05, 3.63) is 57.6 Å². The number of nitro groups is 1. The third-order valence-electron chi connectivity index (χ3n) is 3.98. The van der Waals surface area contributed by atoms with E-state index in [0.29, 0.717) is 28.0 Å². The molecule has 2 heterocycles. The van der Waals surface area contributed by atoms with Crippen LogP contribution in [0.1, 0.15) is 0 Å². The molecule has 1 N–H and O–H groups in total. The number of rotatable bonds is 6. The molecule has 0 aliphatic rings. The van der Waals surface area contributed by atoms with Crippen molar-refractivity contribution < 1.29 is 14.7 Å². The standard InChI is InChI=1S/C17H11BrN6O4S/c1-2-7-23-16(10-8-9(18)3-5-12(10)25)19-20-17(23)29-13-6-4-11(24(26)27)14-15(13)22-28-21-14/h2-6,8,25H,1,7H2.